The Bertz CT molecular complexity index is 730. The van der Waals surface area contributed by atoms with Crippen LogP contribution in [0.15, 0.2) is 24.3 Å². The second-order valence-corrected chi connectivity index (χ2v) is 8.08. The number of carbonyl (C=O) groups excluding carboxylic acids is 2. The highest BCUT2D eigenvalue weighted by Crippen LogP contribution is 2.41. The largest absolute Gasteiger partial charge is 0.395 e. The quantitative estimate of drug-likeness (QED) is 0.708. The number of fused-ring (bicyclic) bond motifs is 2. The summed E-state index contributed by atoms with van der Waals surface area (Å²) in [5.41, 5.74) is 7.93. The first-order valence-corrected chi connectivity index (χ1v) is 9.83. The fraction of sp³-hybridized carbons (Fsp3) is 0.600. The zero-order valence-corrected chi connectivity index (χ0v) is 15.8. The molecule has 0 bridgehead atoms. The number of piperidine rings is 1. The second-order valence-electron chi connectivity index (χ2n) is 8.08. The molecule has 2 saturated heterocycles. The highest BCUT2D eigenvalue weighted by atomic mass is 16.3. The molecule has 146 valence electrons. The molecule has 27 heavy (non-hydrogen) atoms. The Hall–Kier alpha value is -1.96. The van der Waals surface area contributed by atoms with Crippen molar-refractivity contribution in [3.05, 3.63) is 35.4 Å². The molecule has 3 N–H and O–H groups in total. The first kappa shape index (κ1) is 18.4. The maximum absolute atomic E-state index is 12.8. The molecule has 2 fully saturated rings. The van der Waals surface area contributed by atoms with E-state index in [9.17, 15) is 14.7 Å². The maximum atomic E-state index is 12.8. The maximum Gasteiger partial charge on any atom is 0.254 e. The summed E-state index contributed by atoms with van der Waals surface area (Å²) in [7, 11) is 0. The lowest BCUT2D eigenvalue weighted by atomic mass is 9.68. The van der Waals surface area contributed by atoms with Crippen LogP contribution in [0.3, 0.4) is 0 Å². The van der Waals surface area contributed by atoms with Gasteiger partial charge in [0.15, 0.2) is 0 Å². The average molecular weight is 372 g/mol. The summed E-state index contributed by atoms with van der Waals surface area (Å²) in [6.45, 7) is 4.39. The molecule has 3 aliphatic heterocycles. The summed E-state index contributed by atoms with van der Waals surface area (Å²) in [6.07, 6.45) is 2.48. The van der Waals surface area contributed by atoms with Gasteiger partial charge in [0, 0.05) is 43.2 Å². The van der Waals surface area contributed by atoms with Crippen LogP contribution in [0.4, 0.5) is 0 Å². The van der Waals surface area contributed by atoms with Crippen molar-refractivity contribution in [2.45, 2.75) is 43.7 Å². The minimum atomic E-state index is -0.153. The fourth-order valence-electron chi connectivity index (χ4n) is 4.81. The molecule has 2 amide bonds. The van der Waals surface area contributed by atoms with Gasteiger partial charge < -0.3 is 14.9 Å². The number of aliphatic hydroxyl groups is 1. The highest BCUT2D eigenvalue weighted by Gasteiger charge is 2.45. The van der Waals surface area contributed by atoms with Crippen LogP contribution in [-0.2, 0) is 10.2 Å². The summed E-state index contributed by atoms with van der Waals surface area (Å²) < 4.78 is 0. The van der Waals surface area contributed by atoms with Crippen LogP contribution >= 0.6 is 0 Å². The predicted molar refractivity (Wildman–Crippen MR) is 101 cm³/mol. The monoisotopic (exact) mass is 372 g/mol. The zero-order chi connectivity index (χ0) is 19.0. The Morgan fingerprint density at radius 1 is 1.26 bits per heavy atom. The summed E-state index contributed by atoms with van der Waals surface area (Å²) in [5.74, 6) is 0.160. The number of β-amino-alcohol motifs (C(OH)–C–C–N with tert-alkyl or cyclic N) is 1. The lowest BCUT2D eigenvalue weighted by Gasteiger charge is -2.48. The van der Waals surface area contributed by atoms with Gasteiger partial charge in [0.25, 0.3) is 5.91 Å². The lowest BCUT2D eigenvalue weighted by molar-refractivity contribution is -0.135. The Labute approximate surface area is 159 Å². The number of hydrogen-bond acceptors (Lipinski definition) is 5. The van der Waals surface area contributed by atoms with Crippen molar-refractivity contribution in [1.82, 2.24) is 20.7 Å². The van der Waals surface area contributed by atoms with Gasteiger partial charge >= 0.3 is 0 Å². The van der Waals surface area contributed by atoms with Gasteiger partial charge in [-0.25, -0.2) is 5.43 Å². The van der Waals surface area contributed by atoms with Crippen molar-refractivity contribution in [3.63, 3.8) is 0 Å². The van der Waals surface area contributed by atoms with Crippen LogP contribution in [0.1, 0.15) is 42.1 Å². The Kier molecular flexibility index (Phi) is 4.92. The van der Waals surface area contributed by atoms with Crippen LogP contribution in [0.25, 0.3) is 0 Å². The van der Waals surface area contributed by atoms with Crippen molar-refractivity contribution < 1.29 is 14.7 Å². The average Bonchev–Trinajstić information content (AvgIpc) is 3.13. The first-order valence-electron chi connectivity index (χ1n) is 9.83. The third-order valence-corrected chi connectivity index (χ3v) is 6.30. The van der Waals surface area contributed by atoms with Crippen molar-refractivity contribution >= 4 is 11.8 Å². The highest BCUT2D eigenvalue weighted by molar-refractivity contribution is 5.97. The molecule has 0 radical (unpaired) electrons. The van der Waals surface area contributed by atoms with E-state index in [0.29, 0.717) is 32.2 Å². The number of hydrogen-bond donors (Lipinski definition) is 3. The van der Waals surface area contributed by atoms with Gasteiger partial charge in [-0.3, -0.25) is 15.0 Å². The van der Waals surface area contributed by atoms with E-state index in [2.05, 4.69) is 23.8 Å². The molecule has 7 heteroatoms. The van der Waals surface area contributed by atoms with Gasteiger partial charge in [0.1, 0.15) is 6.04 Å². The molecule has 0 saturated carbocycles. The minimum Gasteiger partial charge on any atom is -0.395 e. The summed E-state index contributed by atoms with van der Waals surface area (Å²) in [5, 5.41) is 9.37. The van der Waals surface area contributed by atoms with Crippen molar-refractivity contribution in [1.29, 1.82) is 0 Å². The SMILES string of the molecule is CC1CC(C(=O)N2CCC3(CC2)CN(CCO)C(=O)c2ccccc23)NN1. The summed E-state index contributed by atoms with van der Waals surface area (Å²) in [6, 6.07) is 7.98. The topological polar surface area (TPSA) is 84.9 Å². The Morgan fingerprint density at radius 3 is 2.67 bits per heavy atom. The van der Waals surface area contributed by atoms with Crippen molar-refractivity contribution in [2.24, 2.45) is 0 Å². The molecule has 2 atom stereocenters. The smallest absolute Gasteiger partial charge is 0.254 e. The van der Waals surface area contributed by atoms with E-state index < -0.39 is 0 Å². The molecule has 7 nitrogen and oxygen atoms in total. The molecule has 0 aromatic heterocycles. The standard InChI is InChI=1S/C20H28N4O3/c1-14-12-17(22-21-14)19(27)23-8-6-20(7-9-23)13-24(10-11-25)18(26)15-4-2-3-5-16(15)20/h2-5,14,17,21-22,25H,6-13H2,1H3. The molecular weight excluding hydrogens is 344 g/mol. The van der Waals surface area contributed by atoms with Crippen LogP contribution in [0.5, 0.6) is 0 Å². The molecule has 1 aromatic carbocycles. The number of likely N-dealkylation sites (tertiary alicyclic amines) is 1. The fourth-order valence-corrected chi connectivity index (χ4v) is 4.81. The Morgan fingerprint density at radius 2 is 2.00 bits per heavy atom. The molecule has 1 spiro atoms. The third kappa shape index (κ3) is 3.24. The molecule has 0 aliphatic carbocycles. The van der Waals surface area contributed by atoms with Gasteiger partial charge in [0.2, 0.25) is 5.91 Å². The van der Waals surface area contributed by atoms with E-state index in [1.54, 1.807) is 4.90 Å². The van der Waals surface area contributed by atoms with Crippen molar-refractivity contribution in [2.75, 3.05) is 32.8 Å². The van der Waals surface area contributed by atoms with Crippen LogP contribution < -0.4 is 10.9 Å². The predicted octanol–water partition coefficient (Wildman–Crippen LogP) is 0.250. The van der Waals surface area contributed by atoms with E-state index in [-0.39, 0.29) is 29.9 Å². The molecule has 1 aromatic rings. The van der Waals surface area contributed by atoms with Gasteiger partial charge in [-0.1, -0.05) is 18.2 Å². The molecule has 3 heterocycles. The lowest BCUT2D eigenvalue weighted by Crippen LogP contribution is -2.57. The number of amides is 2. The number of hydrazine groups is 1. The number of rotatable bonds is 3. The van der Waals surface area contributed by atoms with E-state index >= 15 is 0 Å². The van der Waals surface area contributed by atoms with Crippen LogP contribution in [-0.4, -0.2) is 71.6 Å². The molecule has 2 unspecified atom stereocenters. The van der Waals surface area contributed by atoms with Gasteiger partial charge in [-0.15, -0.1) is 0 Å². The number of carbonyl (C=O) groups is 2. The normalized spacial score (nSPS) is 27.1. The third-order valence-electron chi connectivity index (χ3n) is 6.30. The summed E-state index contributed by atoms with van der Waals surface area (Å²) in [4.78, 5) is 29.3. The molecule has 4 rings (SSSR count). The number of aliphatic hydroxyl groups excluding tert-OH is 1. The second kappa shape index (κ2) is 7.22. The van der Waals surface area contributed by atoms with Gasteiger partial charge in [-0.05, 0) is 37.8 Å². The van der Waals surface area contributed by atoms with E-state index in [0.717, 1.165) is 30.4 Å². The van der Waals surface area contributed by atoms with Gasteiger partial charge in [0.05, 0.1) is 6.61 Å². The first-order chi connectivity index (χ1) is 13.0. The Balaban J connectivity index is 1.53. The molecule has 3 aliphatic rings. The number of nitrogens with one attached hydrogen (secondary N) is 2. The molecular formula is C20H28N4O3. The van der Waals surface area contributed by atoms with Crippen molar-refractivity contribution in [3.8, 4) is 0 Å². The van der Waals surface area contributed by atoms with E-state index in [4.69, 9.17) is 0 Å². The van der Waals surface area contributed by atoms with E-state index in [1.165, 1.54) is 0 Å². The van der Waals surface area contributed by atoms with Crippen LogP contribution in [0, 0.1) is 0 Å². The number of benzene rings is 1. The summed E-state index contributed by atoms with van der Waals surface area (Å²) >= 11 is 0. The number of nitrogens with zero attached hydrogens (tertiary/aromatic N) is 2. The zero-order valence-electron chi connectivity index (χ0n) is 15.8. The minimum absolute atomic E-state index is 0.000927. The van der Waals surface area contributed by atoms with E-state index in [1.807, 2.05) is 23.1 Å². The van der Waals surface area contributed by atoms with Gasteiger partial charge in [-0.2, -0.15) is 0 Å². The van der Waals surface area contributed by atoms with Crippen LogP contribution in [0.2, 0.25) is 0 Å².